The van der Waals surface area contributed by atoms with Crippen molar-refractivity contribution in [2.75, 3.05) is 31.4 Å². The molecule has 2 rings (SSSR count). The molecule has 0 atom stereocenters. The van der Waals surface area contributed by atoms with Gasteiger partial charge in [-0.25, -0.2) is 0 Å². The van der Waals surface area contributed by atoms with Gasteiger partial charge in [-0.3, -0.25) is 4.79 Å². The van der Waals surface area contributed by atoms with Gasteiger partial charge in [-0.05, 0) is 52.7 Å². The largest absolute Gasteiger partial charge is 0.497 e. The number of nitrogens with one attached hydrogen (secondary N) is 2. The van der Waals surface area contributed by atoms with E-state index in [1.807, 2.05) is 25.1 Å². The highest BCUT2D eigenvalue weighted by atomic mass is 79.9. The van der Waals surface area contributed by atoms with E-state index < -0.39 is 0 Å². The Bertz CT molecular complexity index is 704. The zero-order valence-electron chi connectivity index (χ0n) is 13.3. The maximum Gasteiger partial charge on any atom is 0.243 e. The van der Waals surface area contributed by atoms with Crippen molar-refractivity contribution in [3.8, 4) is 11.5 Å². The fraction of sp³-hybridized carbons (Fsp3) is 0.235. The van der Waals surface area contributed by atoms with Gasteiger partial charge in [-0.2, -0.15) is 0 Å². The van der Waals surface area contributed by atoms with E-state index in [0.29, 0.717) is 17.2 Å². The van der Waals surface area contributed by atoms with Crippen molar-refractivity contribution in [2.45, 2.75) is 6.92 Å². The summed E-state index contributed by atoms with van der Waals surface area (Å²) in [5.74, 6) is 1.05. The third-order valence-electron chi connectivity index (χ3n) is 3.25. The Hall–Kier alpha value is -2.21. The lowest BCUT2D eigenvalue weighted by molar-refractivity contribution is -0.114. The van der Waals surface area contributed by atoms with Crippen LogP contribution in [0.4, 0.5) is 11.4 Å². The molecule has 0 aromatic heterocycles. The molecule has 0 radical (unpaired) electrons. The lowest BCUT2D eigenvalue weighted by Crippen LogP contribution is -2.22. The summed E-state index contributed by atoms with van der Waals surface area (Å²) in [4.78, 5) is 12.1. The molecular weight excluding hydrogens is 360 g/mol. The number of halogens is 1. The first-order valence-electron chi connectivity index (χ1n) is 7.05. The average molecular weight is 379 g/mol. The SMILES string of the molecule is COc1ccc(NC(=O)CNc2ccc(C)cc2Br)c(OC)c1. The van der Waals surface area contributed by atoms with E-state index in [4.69, 9.17) is 9.47 Å². The van der Waals surface area contributed by atoms with Crippen molar-refractivity contribution >= 4 is 33.2 Å². The third-order valence-corrected chi connectivity index (χ3v) is 3.90. The third kappa shape index (κ3) is 4.63. The van der Waals surface area contributed by atoms with Gasteiger partial charge in [0.2, 0.25) is 5.91 Å². The normalized spacial score (nSPS) is 10.1. The molecule has 2 N–H and O–H groups in total. The molecule has 5 nitrogen and oxygen atoms in total. The minimum Gasteiger partial charge on any atom is -0.497 e. The molecule has 6 heteroatoms. The van der Waals surface area contributed by atoms with Gasteiger partial charge < -0.3 is 20.1 Å². The van der Waals surface area contributed by atoms with E-state index in [0.717, 1.165) is 15.7 Å². The molecule has 2 aromatic rings. The van der Waals surface area contributed by atoms with Gasteiger partial charge in [0.05, 0.1) is 26.5 Å². The Morgan fingerprint density at radius 2 is 1.83 bits per heavy atom. The van der Waals surface area contributed by atoms with Gasteiger partial charge in [0.25, 0.3) is 0 Å². The van der Waals surface area contributed by atoms with Crippen LogP contribution in [0.1, 0.15) is 5.56 Å². The van der Waals surface area contributed by atoms with Crippen LogP contribution in [-0.4, -0.2) is 26.7 Å². The minimum atomic E-state index is -0.166. The minimum absolute atomic E-state index is 0.150. The van der Waals surface area contributed by atoms with Gasteiger partial charge in [-0.15, -0.1) is 0 Å². The van der Waals surface area contributed by atoms with E-state index in [1.54, 1.807) is 32.4 Å². The molecule has 0 fully saturated rings. The van der Waals surface area contributed by atoms with Crippen LogP contribution in [0.3, 0.4) is 0 Å². The molecule has 0 unspecified atom stereocenters. The highest BCUT2D eigenvalue weighted by molar-refractivity contribution is 9.10. The molecule has 23 heavy (non-hydrogen) atoms. The summed E-state index contributed by atoms with van der Waals surface area (Å²) in [6.07, 6.45) is 0. The van der Waals surface area contributed by atoms with Gasteiger partial charge >= 0.3 is 0 Å². The molecule has 0 saturated heterocycles. The predicted molar refractivity (Wildman–Crippen MR) is 95.5 cm³/mol. The number of aryl methyl sites for hydroxylation is 1. The molecule has 0 heterocycles. The Morgan fingerprint density at radius 1 is 1.09 bits per heavy atom. The molecule has 0 aliphatic heterocycles. The number of carbonyl (C=O) groups is 1. The van der Waals surface area contributed by atoms with E-state index in [9.17, 15) is 4.79 Å². The van der Waals surface area contributed by atoms with E-state index in [-0.39, 0.29) is 12.5 Å². The number of benzene rings is 2. The number of hydrogen-bond acceptors (Lipinski definition) is 4. The smallest absolute Gasteiger partial charge is 0.243 e. The molecule has 122 valence electrons. The highest BCUT2D eigenvalue weighted by Crippen LogP contribution is 2.29. The monoisotopic (exact) mass is 378 g/mol. The van der Waals surface area contributed by atoms with E-state index in [1.165, 1.54) is 0 Å². The van der Waals surface area contributed by atoms with Crippen molar-refractivity contribution in [3.05, 3.63) is 46.4 Å². The second-order valence-electron chi connectivity index (χ2n) is 4.95. The summed E-state index contributed by atoms with van der Waals surface area (Å²) in [5, 5.41) is 5.91. The van der Waals surface area contributed by atoms with Gasteiger partial charge in [-0.1, -0.05) is 6.07 Å². The number of carbonyl (C=O) groups excluding carboxylic acids is 1. The second kappa shape index (κ2) is 7.87. The summed E-state index contributed by atoms with van der Waals surface area (Å²) in [7, 11) is 3.13. The van der Waals surface area contributed by atoms with Crippen molar-refractivity contribution in [2.24, 2.45) is 0 Å². The number of rotatable bonds is 6. The van der Waals surface area contributed by atoms with Crippen LogP contribution in [0, 0.1) is 6.92 Å². The van der Waals surface area contributed by atoms with Crippen molar-refractivity contribution < 1.29 is 14.3 Å². The number of hydrogen-bond donors (Lipinski definition) is 2. The van der Waals surface area contributed by atoms with Crippen molar-refractivity contribution in [1.82, 2.24) is 0 Å². The first-order valence-corrected chi connectivity index (χ1v) is 7.84. The van der Waals surface area contributed by atoms with Crippen LogP contribution in [0.15, 0.2) is 40.9 Å². The summed E-state index contributed by atoms with van der Waals surface area (Å²) in [6, 6.07) is 11.1. The fourth-order valence-corrected chi connectivity index (χ4v) is 2.67. The Balaban J connectivity index is 1.99. The van der Waals surface area contributed by atoms with Gasteiger partial charge in [0, 0.05) is 16.2 Å². The van der Waals surface area contributed by atoms with Crippen LogP contribution in [0.2, 0.25) is 0 Å². The quantitative estimate of drug-likeness (QED) is 0.801. The molecule has 0 aliphatic rings. The molecule has 0 spiro atoms. The maximum absolute atomic E-state index is 12.1. The zero-order valence-corrected chi connectivity index (χ0v) is 14.9. The molecule has 2 aromatic carbocycles. The van der Waals surface area contributed by atoms with Crippen LogP contribution < -0.4 is 20.1 Å². The predicted octanol–water partition coefficient (Wildman–Crippen LogP) is 3.83. The zero-order chi connectivity index (χ0) is 16.8. The van der Waals surface area contributed by atoms with Crippen molar-refractivity contribution in [1.29, 1.82) is 0 Å². The van der Waals surface area contributed by atoms with Crippen molar-refractivity contribution in [3.63, 3.8) is 0 Å². The molecular formula is C17H19BrN2O3. The molecule has 0 saturated carbocycles. The van der Waals surface area contributed by atoms with Crippen LogP contribution in [-0.2, 0) is 4.79 Å². The topological polar surface area (TPSA) is 59.6 Å². The first kappa shape index (κ1) is 17.1. The van der Waals surface area contributed by atoms with E-state index in [2.05, 4.69) is 26.6 Å². The second-order valence-corrected chi connectivity index (χ2v) is 5.81. The van der Waals surface area contributed by atoms with Crippen LogP contribution >= 0.6 is 15.9 Å². The summed E-state index contributed by atoms with van der Waals surface area (Å²) >= 11 is 3.47. The number of methoxy groups -OCH3 is 2. The maximum atomic E-state index is 12.1. The van der Waals surface area contributed by atoms with E-state index >= 15 is 0 Å². The van der Waals surface area contributed by atoms with Gasteiger partial charge in [0.15, 0.2) is 0 Å². The van der Waals surface area contributed by atoms with Crippen LogP contribution in [0.5, 0.6) is 11.5 Å². The fourth-order valence-electron chi connectivity index (χ4n) is 2.04. The average Bonchev–Trinajstić information content (AvgIpc) is 2.54. The summed E-state index contributed by atoms with van der Waals surface area (Å²) < 4.78 is 11.3. The highest BCUT2D eigenvalue weighted by Gasteiger charge is 2.09. The molecule has 0 aliphatic carbocycles. The number of anilines is 2. The lowest BCUT2D eigenvalue weighted by atomic mass is 10.2. The molecule has 1 amide bonds. The Kier molecular flexibility index (Phi) is 5.87. The Morgan fingerprint density at radius 3 is 2.48 bits per heavy atom. The lowest BCUT2D eigenvalue weighted by Gasteiger charge is -2.13. The summed E-state index contributed by atoms with van der Waals surface area (Å²) in [6.45, 7) is 2.16. The number of amides is 1. The van der Waals surface area contributed by atoms with Crippen LogP contribution in [0.25, 0.3) is 0 Å². The van der Waals surface area contributed by atoms with Gasteiger partial charge in [0.1, 0.15) is 11.5 Å². The number of ether oxygens (including phenoxy) is 2. The molecule has 0 bridgehead atoms. The Labute approximate surface area is 144 Å². The standard InChI is InChI=1S/C17H19BrN2O3/c1-11-4-6-14(13(18)8-11)19-10-17(21)20-15-7-5-12(22-2)9-16(15)23-3/h4-9,19H,10H2,1-3H3,(H,20,21). The summed E-state index contributed by atoms with van der Waals surface area (Å²) in [5.41, 5.74) is 2.62. The first-order chi connectivity index (χ1) is 11.0.